The molecule has 3 rings (SSSR count). The molecule has 1 heterocycles. The summed E-state index contributed by atoms with van der Waals surface area (Å²) < 4.78 is 5.20. The van der Waals surface area contributed by atoms with Crippen molar-refractivity contribution in [1.29, 1.82) is 0 Å². The molecule has 126 valence electrons. The fourth-order valence-electron chi connectivity index (χ4n) is 3.33. The standard InChI is InChI=1S/C20H23NO3/c1-19(2)7-8-20(3,4)17-10-14(5-6-16(17)19)21-11-15-9-13(12-24-15)18(22)23/h5-6,9-12H,7-8H2,1-4H3,(H,22,23). The SMILES string of the molecule is CC1(C)CCC(C)(C)c2cc(N=Cc3cc(C(=O)O)co3)ccc21. The van der Waals surface area contributed by atoms with Crippen LogP contribution in [-0.2, 0) is 10.8 Å². The van der Waals surface area contributed by atoms with Crippen LogP contribution in [0.25, 0.3) is 0 Å². The molecular weight excluding hydrogens is 302 g/mol. The number of fused-ring (bicyclic) bond motifs is 1. The van der Waals surface area contributed by atoms with Crippen LogP contribution < -0.4 is 0 Å². The van der Waals surface area contributed by atoms with Gasteiger partial charge in [-0.1, -0.05) is 33.8 Å². The van der Waals surface area contributed by atoms with Crippen molar-refractivity contribution in [3.63, 3.8) is 0 Å². The minimum absolute atomic E-state index is 0.129. The van der Waals surface area contributed by atoms with Crippen LogP contribution >= 0.6 is 0 Å². The molecule has 4 heteroatoms. The Bertz CT molecular complexity index is 812. The van der Waals surface area contributed by atoms with Crippen LogP contribution in [0.2, 0.25) is 0 Å². The second kappa shape index (κ2) is 5.62. The number of nitrogens with zero attached hydrogens (tertiary/aromatic N) is 1. The Balaban J connectivity index is 1.93. The summed E-state index contributed by atoms with van der Waals surface area (Å²) in [7, 11) is 0. The number of rotatable bonds is 3. The van der Waals surface area contributed by atoms with E-state index in [1.54, 1.807) is 6.21 Å². The molecule has 1 N–H and O–H groups in total. The molecule has 24 heavy (non-hydrogen) atoms. The van der Waals surface area contributed by atoms with Crippen LogP contribution in [0.4, 0.5) is 5.69 Å². The molecule has 0 radical (unpaired) electrons. The highest BCUT2D eigenvalue weighted by atomic mass is 16.4. The summed E-state index contributed by atoms with van der Waals surface area (Å²) in [5.41, 5.74) is 4.04. The molecule has 0 saturated carbocycles. The molecule has 0 fully saturated rings. The zero-order valence-electron chi connectivity index (χ0n) is 14.6. The number of carboxylic acids is 1. The van der Waals surface area contributed by atoms with Crippen LogP contribution in [0.5, 0.6) is 0 Å². The third kappa shape index (κ3) is 3.01. The van der Waals surface area contributed by atoms with Gasteiger partial charge in [0.1, 0.15) is 12.0 Å². The Hall–Kier alpha value is -2.36. The van der Waals surface area contributed by atoms with Crippen LogP contribution in [0.1, 0.15) is 67.8 Å². The van der Waals surface area contributed by atoms with Gasteiger partial charge >= 0.3 is 5.97 Å². The van der Waals surface area contributed by atoms with Gasteiger partial charge in [0, 0.05) is 0 Å². The van der Waals surface area contributed by atoms with E-state index in [1.165, 1.54) is 29.9 Å². The number of aromatic carboxylic acids is 1. The Kier molecular flexibility index (Phi) is 3.86. The fraction of sp³-hybridized carbons (Fsp3) is 0.400. The first kappa shape index (κ1) is 16.5. The van der Waals surface area contributed by atoms with E-state index in [-0.39, 0.29) is 16.4 Å². The smallest absolute Gasteiger partial charge is 0.338 e. The molecule has 1 aliphatic carbocycles. The van der Waals surface area contributed by atoms with Crippen LogP contribution in [0.3, 0.4) is 0 Å². The summed E-state index contributed by atoms with van der Waals surface area (Å²) in [5, 5.41) is 8.92. The normalized spacial score (nSPS) is 18.5. The third-order valence-corrected chi connectivity index (χ3v) is 5.04. The average molecular weight is 325 g/mol. The first-order valence-electron chi connectivity index (χ1n) is 8.20. The number of carboxylic acid groups (broad SMARTS) is 1. The molecule has 1 aromatic heterocycles. The number of carbonyl (C=O) groups is 1. The van der Waals surface area contributed by atoms with Crippen molar-refractivity contribution in [2.24, 2.45) is 4.99 Å². The Morgan fingerprint density at radius 1 is 1.12 bits per heavy atom. The highest BCUT2D eigenvalue weighted by molar-refractivity contribution is 5.90. The van der Waals surface area contributed by atoms with Gasteiger partial charge in [0.15, 0.2) is 0 Å². The number of benzene rings is 1. The van der Waals surface area contributed by atoms with Crippen molar-refractivity contribution in [2.45, 2.75) is 51.4 Å². The van der Waals surface area contributed by atoms with Gasteiger partial charge in [-0.15, -0.1) is 0 Å². The van der Waals surface area contributed by atoms with Crippen molar-refractivity contribution in [1.82, 2.24) is 0 Å². The summed E-state index contributed by atoms with van der Waals surface area (Å²) in [6.45, 7) is 9.14. The summed E-state index contributed by atoms with van der Waals surface area (Å²) >= 11 is 0. The first-order chi connectivity index (χ1) is 11.2. The first-order valence-corrected chi connectivity index (χ1v) is 8.20. The molecule has 0 saturated heterocycles. The van der Waals surface area contributed by atoms with E-state index in [4.69, 9.17) is 9.52 Å². The molecule has 0 atom stereocenters. The minimum atomic E-state index is -1.00. The van der Waals surface area contributed by atoms with Gasteiger partial charge in [-0.05, 0) is 53.0 Å². The lowest BCUT2D eigenvalue weighted by Gasteiger charge is -2.41. The highest BCUT2D eigenvalue weighted by Crippen LogP contribution is 2.46. The van der Waals surface area contributed by atoms with Crippen LogP contribution in [0.15, 0.2) is 39.9 Å². The molecule has 0 bridgehead atoms. The number of aliphatic imine (C=N–C) groups is 1. The molecule has 0 amide bonds. The van der Waals surface area contributed by atoms with Crippen LogP contribution in [-0.4, -0.2) is 17.3 Å². The second-order valence-electron chi connectivity index (χ2n) is 7.80. The zero-order valence-corrected chi connectivity index (χ0v) is 14.6. The maximum Gasteiger partial charge on any atom is 0.338 e. The summed E-state index contributed by atoms with van der Waals surface area (Å²) in [6, 6.07) is 7.80. The van der Waals surface area contributed by atoms with E-state index in [1.807, 2.05) is 6.07 Å². The van der Waals surface area contributed by atoms with Gasteiger partial charge in [0.2, 0.25) is 0 Å². The molecular formula is C20H23NO3. The van der Waals surface area contributed by atoms with Gasteiger partial charge in [-0.3, -0.25) is 4.99 Å². The highest BCUT2D eigenvalue weighted by Gasteiger charge is 2.36. The molecule has 4 nitrogen and oxygen atoms in total. The Morgan fingerprint density at radius 3 is 2.42 bits per heavy atom. The molecule has 2 aromatic rings. The fourth-order valence-corrected chi connectivity index (χ4v) is 3.33. The van der Waals surface area contributed by atoms with Crippen LogP contribution in [0, 0.1) is 0 Å². The van der Waals surface area contributed by atoms with Crippen molar-refractivity contribution >= 4 is 17.9 Å². The summed E-state index contributed by atoms with van der Waals surface area (Å²) in [4.78, 5) is 15.3. The Labute approximate surface area is 142 Å². The van der Waals surface area contributed by atoms with E-state index >= 15 is 0 Å². The third-order valence-electron chi connectivity index (χ3n) is 5.04. The second-order valence-corrected chi connectivity index (χ2v) is 7.80. The number of hydrogen-bond acceptors (Lipinski definition) is 3. The maximum absolute atomic E-state index is 10.9. The van der Waals surface area contributed by atoms with Gasteiger partial charge in [0.25, 0.3) is 0 Å². The van der Waals surface area contributed by atoms with E-state index in [2.05, 4.69) is 44.8 Å². The average Bonchev–Trinajstić information content (AvgIpc) is 2.99. The van der Waals surface area contributed by atoms with Gasteiger partial charge in [-0.25, -0.2) is 4.79 Å². The predicted molar refractivity (Wildman–Crippen MR) is 94.6 cm³/mol. The topological polar surface area (TPSA) is 62.8 Å². The zero-order chi connectivity index (χ0) is 17.5. The quantitative estimate of drug-likeness (QED) is 0.801. The minimum Gasteiger partial charge on any atom is -0.478 e. The van der Waals surface area contributed by atoms with Crippen molar-refractivity contribution in [2.75, 3.05) is 0 Å². The number of furan rings is 1. The monoisotopic (exact) mass is 325 g/mol. The summed E-state index contributed by atoms with van der Waals surface area (Å²) in [6.07, 6.45) is 5.12. The molecule has 0 spiro atoms. The molecule has 0 aliphatic heterocycles. The van der Waals surface area contributed by atoms with Crippen molar-refractivity contribution in [3.8, 4) is 0 Å². The molecule has 0 unspecified atom stereocenters. The lowest BCUT2D eigenvalue weighted by molar-refractivity contribution is 0.0696. The molecule has 1 aromatic carbocycles. The van der Waals surface area contributed by atoms with E-state index < -0.39 is 5.97 Å². The van der Waals surface area contributed by atoms with E-state index in [0.717, 1.165) is 12.1 Å². The van der Waals surface area contributed by atoms with Gasteiger partial charge in [0.05, 0.1) is 17.5 Å². The van der Waals surface area contributed by atoms with Gasteiger partial charge in [-0.2, -0.15) is 0 Å². The Morgan fingerprint density at radius 2 is 1.79 bits per heavy atom. The van der Waals surface area contributed by atoms with Crippen molar-refractivity contribution in [3.05, 3.63) is 53.0 Å². The largest absolute Gasteiger partial charge is 0.478 e. The van der Waals surface area contributed by atoms with E-state index in [0.29, 0.717) is 5.76 Å². The lowest BCUT2D eigenvalue weighted by Crippen LogP contribution is -2.33. The number of hydrogen-bond donors (Lipinski definition) is 1. The molecule has 1 aliphatic rings. The van der Waals surface area contributed by atoms with E-state index in [9.17, 15) is 4.79 Å². The van der Waals surface area contributed by atoms with Crippen molar-refractivity contribution < 1.29 is 14.3 Å². The lowest BCUT2D eigenvalue weighted by atomic mass is 9.63. The van der Waals surface area contributed by atoms with Gasteiger partial charge < -0.3 is 9.52 Å². The predicted octanol–water partition coefficient (Wildman–Crippen LogP) is 5.08. The maximum atomic E-state index is 10.9. The summed E-state index contributed by atoms with van der Waals surface area (Å²) in [5.74, 6) is -0.569.